The highest BCUT2D eigenvalue weighted by atomic mass is 32.1. The van der Waals surface area contributed by atoms with E-state index in [4.69, 9.17) is 4.98 Å². The molecule has 2 aliphatic heterocycles. The first kappa shape index (κ1) is 16.5. The number of likely N-dealkylation sites (tertiary alicyclic amines) is 1. The molecule has 3 fully saturated rings. The minimum Gasteiger partial charge on any atom is -0.336 e. The van der Waals surface area contributed by atoms with Crippen LogP contribution >= 0.6 is 11.3 Å². The van der Waals surface area contributed by atoms with Gasteiger partial charge in [-0.1, -0.05) is 12.8 Å². The summed E-state index contributed by atoms with van der Waals surface area (Å²) in [5.41, 5.74) is 0.942. The fourth-order valence-corrected chi connectivity index (χ4v) is 5.58. The fraction of sp³-hybridized carbons (Fsp3) is 0.778. The maximum atomic E-state index is 13.0. The first-order valence-corrected chi connectivity index (χ1v) is 10.3. The van der Waals surface area contributed by atoms with Crippen molar-refractivity contribution in [2.24, 2.45) is 0 Å². The zero-order chi connectivity index (χ0) is 16.5. The molecule has 1 N–H and O–H groups in total. The van der Waals surface area contributed by atoms with E-state index >= 15 is 0 Å². The minimum absolute atomic E-state index is 0.215. The molecule has 0 bridgehead atoms. The molecule has 0 aromatic carbocycles. The van der Waals surface area contributed by atoms with E-state index in [1.807, 2.05) is 6.92 Å². The number of carbonyl (C=O) groups excluding carboxylic acids is 1. The van der Waals surface area contributed by atoms with Crippen molar-refractivity contribution >= 4 is 17.2 Å². The van der Waals surface area contributed by atoms with Gasteiger partial charge in [-0.25, -0.2) is 4.98 Å². The molecular weight excluding hydrogens is 320 g/mol. The maximum Gasteiger partial charge on any atom is 0.265 e. The summed E-state index contributed by atoms with van der Waals surface area (Å²) in [5.74, 6) is 0.814. The normalized spacial score (nSPS) is 26.4. The van der Waals surface area contributed by atoms with Gasteiger partial charge in [-0.3, -0.25) is 9.69 Å². The van der Waals surface area contributed by atoms with Crippen LogP contribution in [0.15, 0.2) is 0 Å². The molecule has 2 saturated heterocycles. The second-order valence-corrected chi connectivity index (χ2v) is 8.46. The van der Waals surface area contributed by atoms with Gasteiger partial charge in [0.2, 0.25) is 0 Å². The molecule has 1 aromatic rings. The Morgan fingerprint density at radius 1 is 1.17 bits per heavy atom. The van der Waals surface area contributed by atoms with Crippen LogP contribution in [0.3, 0.4) is 0 Å². The number of aromatic nitrogens is 1. The third kappa shape index (κ3) is 3.24. The Labute approximate surface area is 148 Å². The predicted octanol–water partition coefficient (Wildman–Crippen LogP) is 2.23. The van der Waals surface area contributed by atoms with Crippen molar-refractivity contribution in [1.29, 1.82) is 0 Å². The van der Waals surface area contributed by atoms with Crippen LogP contribution in [-0.2, 0) is 0 Å². The quantitative estimate of drug-likeness (QED) is 0.910. The summed E-state index contributed by atoms with van der Waals surface area (Å²) in [6.07, 6.45) is 6.22. The molecule has 24 heavy (non-hydrogen) atoms. The number of hydrogen-bond donors (Lipinski definition) is 1. The lowest BCUT2D eigenvalue weighted by Gasteiger charge is -2.32. The molecule has 1 aromatic heterocycles. The largest absolute Gasteiger partial charge is 0.336 e. The highest BCUT2D eigenvalue weighted by molar-refractivity contribution is 7.13. The molecule has 0 radical (unpaired) electrons. The first-order valence-electron chi connectivity index (χ1n) is 9.44. The van der Waals surface area contributed by atoms with Crippen LogP contribution in [0.2, 0.25) is 0 Å². The van der Waals surface area contributed by atoms with E-state index in [1.54, 1.807) is 11.3 Å². The van der Waals surface area contributed by atoms with Crippen LogP contribution in [0.4, 0.5) is 0 Å². The van der Waals surface area contributed by atoms with Crippen molar-refractivity contribution in [2.45, 2.75) is 51.0 Å². The Morgan fingerprint density at radius 2 is 1.92 bits per heavy atom. The standard InChI is InChI=1S/C18H28N4OS/c1-13-16(24-17(20-13)14-4-2-3-5-14)18(23)22-9-6-15(12-22)21-10-7-19-8-11-21/h14-15,19H,2-12H2,1H3. The summed E-state index contributed by atoms with van der Waals surface area (Å²) in [4.78, 5) is 23.2. The van der Waals surface area contributed by atoms with Crippen molar-refractivity contribution in [2.75, 3.05) is 39.3 Å². The number of rotatable bonds is 3. The minimum atomic E-state index is 0.215. The summed E-state index contributed by atoms with van der Waals surface area (Å²) in [5, 5.41) is 4.61. The molecule has 0 spiro atoms. The van der Waals surface area contributed by atoms with Gasteiger partial charge in [0.25, 0.3) is 5.91 Å². The van der Waals surface area contributed by atoms with E-state index in [2.05, 4.69) is 15.1 Å². The Bertz CT molecular complexity index is 590. The fourth-order valence-electron chi connectivity index (χ4n) is 4.38. The number of amides is 1. The van der Waals surface area contributed by atoms with Gasteiger partial charge in [0.1, 0.15) is 4.88 Å². The van der Waals surface area contributed by atoms with E-state index < -0.39 is 0 Å². The van der Waals surface area contributed by atoms with Gasteiger partial charge in [-0.15, -0.1) is 11.3 Å². The monoisotopic (exact) mass is 348 g/mol. The van der Waals surface area contributed by atoms with Gasteiger partial charge in [0.15, 0.2) is 0 Å². The van der Waals surface area contributed by atoms with Gasteiger partial charge in [0, 0.05) is 51.2 Å². The number of thiazole rings is 1. The molecule has 132 valence electrons. The van der Waals surface area contributed by atoms with Crippen molar-refractivity contribution in [3.05, 3.63) is 15.6 Å². The molecule has 1 amide bonds. The van der Waals surface area contributed by atoms with Crippen LogP contribution < -0.4 is 5.32 Å². The van der Waals surface area contributed by atoms with Crippen molar-refractivity contribution in [3.63, 3.8) is 0 Å². The molecule has 1 saturated carbocycles. The van der Waals surface area contributed by atoms with Crippen LogP contribution in [0, 0.1) is 6.92 Å². The van der Waals surface area contributed by atoms with Crippen LogP contribution in [-0.4, -0.2) is 66.0 Å². The van der Waals surface area contributed by atoms with Gasteiger partial charge >= 0.3 is 0 Å². The second-order valence-electron chi connectivity index (χ2n) is 7.43. The van der Waals surface area contributed by atoms with Crippen LogP contribution in [0.1, 0.15) is 58.4 Å². The topological polar surface area (TPSA) is 48.5 Å². The Kier molecular flexibility index (Phi) is 4.88. The summed E-state index contributed by atoms with van der Waals surface area (Å²) in [7, 11) is 0. The number of aryl methyl sites for hydroxylation is 1. The molecule has 1 aliphatic carbocycles. The molecule has 5 nitrogen and oxygen atoms in total. The highest BCUT2D eigenvalue weighted by Gasteiger charge is 2.33. The Hall–Kier alpha value is -0.980. The zero-order valence-corrected chi connectivity index (χ0v) is 15.4. The molecule has 3 heterocycles. The summed E-state index contributed by atoms with van der Waals surface area (Å²) in [6.45, 7) is 8.15. The van der Waals surface area contributed by atoms with E-state index in [0.717, 1.165) is 56.3 Å². The summed E-state index contributed by atoms with van der Waals surface area (Å²) >= 11 is 1.66. The maximum absolute atomic E-state index is 13.0. The average molecular weight is 349 g/mol. The number of carbonyl (C=O) groups is 1. The van der Waals surface area contributed by atoms with E-state index in [1.165, 1.54) is 30.7 Å². The van der Waals surface area contributed by atoms with Crippen LogP contribution in [0.25, 0.3) is 0 Å². The first-order chi connectivity index (χ1) is 11.7. The van der Waals surface area contributed by atoms with Crippen molar-refractivity contribution in [3.8, 4) is 0 Å². The summed E-state index contributed by atoms with van der Waals surface area (Å²) in [6, 6.07) is 0.540. The lowest BCUT2D eigenvalue weighted by atomic mass is 10.1. The Morgan fingerprint density at radius 3 is 2.67 bits per heavy atom. The number of hydrogen-bond acceptors (Lipinski definition) is 5. The molecular formula is C18H28N4OS. The van der Waals surface area contributed by atoms with Crippen molar-refractivity contribution < 1.29 is 4.79 Å². The molecule has 1 atom stereocenters. The van der Waals surface area contributed by atoms with E-state index in [0.29, 0.717) is 12.0 Å². The van der Waals surface area contributed by atoms with E-state index in [-0.39, 0.29) is 5.91 Å². The third-order valence-electron chi connectivity index (χ3n) is 5.83. The average Bonchev–Trinajstić information content (AvgIpc) is 3.35. The van der Waals surface area contributed by atoms with Gasteiger partial charge < -0.3 is 10.2 Å². The molecule has 1 unspecified atom stereocenters. The zero-order valence-electron chi connectivity index (χ0n) is 14.6. The molecule has 3 aliphatic rings. The van der Waals surface area contributed by atoms with E-state index in [9.17, 15) is 4.79 Å². The van der Waals surface area contributed by atoms with Gasteiger partial charge in [-0.05, 0) is 26.2 Å². The van der Waals surface area contributed by atoms with Gasteiger partial charge in [0.05, 0.1) is 10.7 Å². The second kappa shape index (κ2) is 7.10. The lowest BCUT2D eigenvalue weighted by molar-refractivity contribution is 0.0777. The molecule has 4 rings (SSSR count). The summed E-state index contributed by atoms with van der Waals surface area (Å²) < 4.78 is 0. The predicted molar refractivity (Wildman–Crippen MR) is 96.8 cm³/mol. The Balaban J connectivity index is 1.42. The SMILES string of the molecule is Cc1nc(C2CCCC2)sc1C(=O)N1CCC(N2CCNCC2)C1. The highest BCUT2D eigenvalue weighted by Crippen LogP contribution is 2.37. The number of nitrogens with one attached hydrogen (secondary N) is 1. The van der Waals surface area contributed by atoms with Crippen molar-refractivity contribution in [1.82, 2.24) is 20.1 Å². The number of nitrogens with zero attached hydrogens (tertiary/aromatic N) is 3. The van der Waals surface area contributed by atoms with Crippen LogP contribution in [0.5, 0.6) is 0 Å². The number of piperazine rings is 1. The van der Waals surface area contributed by atoms with Gasteiger partial charge in [-0.2, -0.15) is 0 Å². The lowest BCUT2D eigenvalue weighted by Crippen LogP contribution is -2.49. The smallest absolute Gasteiger partial charge is 0.265 e. The molecule has 6 heteroatoms. The third-order valence-corrected chi connectivity index (χ3v) is 7.14.